The molecule has 1 aromatic heterocycles. The average Bonchev–Trinajstić information content (AvgIpc) is 2.97. The second-order valence-corrected chi connectivity index (χ2v) is 5.94. The molecule has 0 unspecified atom stereocenters. The monoisotopic (exact) mass is 271 g/mol. The molecule has 0 spiro atoms. The van der Waals surface area contributed by atoms with Crippen LogP contribution in [0.5, 0.6) is 0 Å². The molecule has 2 heterocycles. The number of amides is 1. The highest BCUT2D eigenvalue weighted by molar-refractivity contribution is 7.86. The van der Waals surface area contributed by atoms with Gasteiger partial charge in [0.15, 0.2) is 0 Å². The number of hydrogen-bond acceptors (Lipinski definition) is 4. The van der Waals surface area contributed by atoms with E-state index in [0.29, 0.717) is 18.9 Å². The molecular formula is C12H17NO4S. The summed E-state index contributed by atoms with van der Waals surface area (Å²) in [7, 11) is -1.17. The predicted octanol–water partition coefficient (Wildman–Crippen LogP) is 0.822. The fourth-order valence-corrected chi connectivity index (χ4v) is 3.38. The summed E-state index contributed by atoms with van der Waals surface area (Å²) in [5, 5.41) is 2.66. The van der Waals surface area contributed by atoms with Crippen LogP contribution in [0.1, 0.15) is 19.1 Å². The molecule has 18 heavy (non-hydrogen) atoms. The zero-order valence-corrected chi connectivity index (χ0v) is 11.1. The standard InChI is InChI=1S/C12H17NO4S/c1-9-11(4-6-16-9)18(15)8-12(14)13-7-10-3-2-5-17-10/h2-3,5,9,11H,4,6-8H2,1H3,(H,13,14)/t9-,11-,18+/m1/s1. The van der Waals surface area contributed by atoms with Crippen LogP contribution in [0.4, 0.5) is 0 Å². The number of rotatable bonds is 5. The van der Waals surface area contributed by atoms with E-state index >= 15 is 0 Å². The van der Waals surface area contributed by atoms with Gasteiger partial charge in [0.1, 0.15) is 11.5 Å². The van der Waals surface area contributed by atoms with E-state index in [0.717, 1.165) is 6.42 Å². The van der Waals surface area contributed by atoms with Crippen molar-refractivity contribution in [2.75, 3.05) is 12.4 Å². The van der Waals surface area contributed by atoms with Crippen molar-refractivity contribution in [2.45, 2.75) is 31.2 Å². The van der Waals surface area contributed by atoms with Gasteiger partial charge in [-0.1, -0.05) is 0 Å². The maximum atomic E-state index is 12.0. The highest BCUT2D eigenvalue weighted by Gasteiger charge is 2.30. The van der Waals surface area contributed by atoms with E-state index in [4.69, 9.17) is 9.15 Å². The molecule has 0 aromatic carbocycles. The first kappa shape index (κ1) is 13.3. The third-order valence-electron chi connectivity index (χ3n) is 2.96. The van der Waals surface area contributed by atoms with Gasteiger partial charge in [-0.25, -0.2) is 0 Å². The molecule has 1 N–H and O–H groups in total. The van der Waals surface area contributed by atoms with Crippen LogP contribution in [0.3, 0.4) is 0 Å². The number of ether oxygens (including phenoxy) is 1. The van der Waals surface area contributed by atoms with Crippen molar-refractivity contribution in [2.24, 2.45) is 0 Å². The Kier molecular flexibility index (Phi) is 4.54. The molecule has 1 amide bonds. The lowest BCUT2D eigenvalue weighted by Crippen LogP contribution is -2.33. The van der Waals surface area contributed by atoms with Gasteiger partial charge in [-0.05, 0) is 25.5 Å². The summed E-state index contributed by atoms with van der Waals surface area (Å²) in [4.78, 5) is 11.6. The van der Waals surface area contributed by atoms with Crippen molar-refractivity contribution >= 4 is 16.7 Å². The molecule has 1 fully saturated rings. The largest absolute Gasteiger partial charge is 0.467 e. The molecule has 3 atom stereocenters. The molecule has 100 valence electrons. The van der Waals surface area contributed by atoms with E-state index in [1.54, 1.807) is 18.4 Å². The number of carbonyl (C=O) groups excluding carboxylic acids is 1. The Labute approximate surface area is 108 Å². The lowest BCUT2D eigenvalue weighted by atomic mass is 10.3. The molecule has 0 saturated carbocycles. The topological polar surface area (TPSA) is 68.5 Å². The van der Waals surface area contributed by atoms with Crippen molar-refractivity contribution in [1.82, 2.24) is 5.32 Å². The molecule has 5 nitrogen and oxygen atoms in total. The van der Waals surface area contributed by atoms with Crippen molar-refractivity contribution in [3.8, 4) is 0 Å². The van der Waals surface area contributed by atoms with Gasteiger partial charge in [0.25, 0.3) is 0 Å². The van der Waals surface area contributed by atoms with Crippen molar-refractivity contribution < 1.29 is 18.2 Å². The number of hydrogen-bond donors (Lipinski definition) is 1. The molecule has 1 aliphatic rings. The Balaban J connectivity index is 1.75. The van der Waals surface area contributed by atoms with Gasteiger partial charge < -0.3 is 14.5 Å². The predicted molar refractivity (Wildman–Crippen MR) is 67.4 cm³/mol. The van der Waals surface area contributed by atoms with Gasteiger partial charge in [-0.2, -0.15) is 0 Å². The number of carbonyl (C=O) groups is 1. The van der Waals surface area contributed by atoms with Crippen LogP contribution >= 0.6 is 0 Å². The van der Waals surface area contributed by atoms with E-state index in [1.807, 2.05) is 6.92 Å². The van der Waals surface area contributed by atoms with Gasteiger partial charge in [0.05, 0.1) is 24.2 Å². The van der Waals surface area contributed by atoms with Crippen LogP contribution in [0, 0.1) is 0 Å². The third kappa shape index (κ3) is 3.43. The maximum absolute atomic E-state index is 12.0. The van der Waals surface area contributed by atoms with E-state index in [9.17, 15) is 9.00 Å². The Bertz CT molecular complexity index is 418. The van der Waals surface area contributed by atoms with E-state index in [1.165, 1.54) is 0 Å². The summed E-state index contributed by atoms with van der Waals surface area (Å²) < 4.78 is 22.4. The molecule has 1 aliphatic heterocycles. The minimum absolute atomic E-state index is 0.0243. The van der Waals surface area contributed by atoms with Crippen molar-refractivity contribution in [1.29, 1.82) is 0 Å². The SMILES string of the molecule is C[C@H]1OCC[C@H]1[S@@](=O)CC(=O)NCc1ccco1. The highest BCUT2D eigenvalue weighted by atomic mass is 32.2. The number of nitrogens with one attached hydrogen (secondary N) is 1. The molecule has 0 bridgehead atoms. The Morgan fingerprint density at radius 2 is 2.44 bits per heavy atom. The quantitative estimate of drug-likeness (QED) is 0.861. The van der Waals surface area contributed by atoms with Crippen molar-refractivity contribution in [3.63, 3.8) is 0 Å². The minimum atomic E-state index is -1.17. The molecule has 1 aromatic rings. The van der Waals surface area contributed by atoms with Gasteiger partial charge >= 0.3 is 0 Å². The third-order valence-corrected chi connectivity index (χ3v) is 4.80. The molecule has 2 rings (SSSR count). The average molecular weight is 271 g/mol. The number of furan rings is 1. The first-order valence-electron chi connectivity index (χ1n) is 5.94. The first-order chi connectivity index (χ1) is 8.66. The van der Waals surface area contributed by atoms with Gasteiger partial charge in [0, 0.05) is 17.4 Å². The molecular weight excluding hydrogens is 254 g/mol. The van der Waals surface area contributed by atoms with Crippen LogP contribution in [0.25, 0.3) is 0 Å². The van der Waals surface area contributed by atoms with Gasteiger partial charge in [0.2, 0.25) is 5.91 Å². The van der Waals surface area contributed by atoms with Crippen LogP contribution in [-0.4, -0.2) is 33.8 Å². The Hall–Kier alpha value is -1.14. The van der Waals surface area contributed by atoms with Crippen molar-refractivity contribution in [3.05, 3.63) is 24.2 Å². The summed E-state index contributed by atoms with van der Waals surface area (Å²) in [6.07, 6.45) is 2.29. The summed E-state index contributed by atoms with van der Waals surface area (Å²) in [5.74, 6) is 0.495. The summed E-state index contributed by atoms with van der Waals surface area (Å²) >= 11 is 0. The lowest BCUT2D eigenvalue weighted by molar-refractivity contribution is -0.118. The zero-order valence-electron chi connectivity index (χ0n) is 10.3. The lowest BCUT2D eigenvalue weighted by Gasteiger charge is -2.13. The highest BCUT2D eigenvalue weighted by Crippen LogP contribution is 2.18. The Morgan fingerprint density at radius 3 is 3.06 bits per heavy atom. The maximum Gasteiger partial charge on any atom is 0.233 e. The fraction of sp³-hybridized carbons (Fsp3) is 0.583. The minimum Gasteiger partial charge on any atom is -0.467 e. The zero-order chi connectivity index (χ0) is 13.0. The summed E-state index contributed by atoms with van der Waals surface area (Å²) in [6.45, 7) is 2.86. The van der Waals surface area contributed by atoms with Crippen LogP contribution in [0.2, 0.25) is 0 Å². The summed E-state index contributed by atoms with van der Waals surface area (Å²) in [6, 6.07) is 3.54. The normalized spacial score (nSPS) is 24.9. The van der Waals surface area contributed by atoms with E-state index in [-0.39, 0.29) is 23.0 Å². The van der Waals surface area contributed by atoms with Gasteiger partial charge in [-0.15, -0.1) is 0 Å². The van der Waals surface area contributed by atoms with E-state index in [2.05, 4.69) is 5.32 Å². The smallest absolute Gasteiger partial charge is 0.233 e. The van der Waals surface area contributed by atoms with Crippen LogP contribution in [-0.2, 0) is 26.9 Å². The van der Waals surface area contributed by atoms with Crippen LogP contribution in [0.15, 0.2) is 22.8 Å². The Morgan fingerprint density at radius 1 is 1.61 bits per heavy atom. The van der Waals surface area contributed by atoms with Crippen LogP contribution < -0.4 is 5.32 Å². The second-order valence-electron chi connectivity index (χ2n) is 4.28. The molecule has 1 saturated heterocycles. The molecule has 0 radical (unpaired) electrons. The first-order valence-corrected chi connectivity index (χ1v) is 7.33. The van der Waals surface area contributed by atoms with E-state index < -0.39 is 10.8 Å². The molecule has 6 heteroatoms. The fourth-order valence-electron chi connectivity index (χ4n) is 1.94. The second kappa shape index (κ2) is 6.15. The molecule has 0 aliphatic carbocycles. The summed E-state index contributed by atoms with van der Waals surface area (Å²) in [5.41, 5.74) is 0. The van der Waals surface area contributed by atoms with Gasteiger partial charge in [-0.3, -0.25) is 9.00 Å².